The van der Waals surface area contributed by atoms with Crippen molar-refractivity contribution in [2.75, 3.05) is 0 Å². The molecule has 0 radical (unpaired) electrons. The van der Waals surface area contributed by atoms with E-state index in [-0.39, 0.29) is 0 Å². The number of nitrogens with one attached hydrogen (secondary N) is 2. The smallest absolute Gasteiger partial charge is 0.115 e. The molecule has 0 aliphatic rings. The molecule has 6 nitrogen and oxygen atoms in total. The number of aryl methyl sites for hydroxylation is 2. The Labute approximate surface area is 115 Å². The van der Waals surface area contributed by atoms with Crippen LogP contribution in [0, 0.1) is 13.8 Å². The Kier molecular flexibility index (Phi) is 3.12. The number of fused-ring (bicyclic) bond motifs is 2. The van der Waals surface area contributed by atoms with E-state index < -0.39 is 0 Å². The number of aromatic amines is 2. The second-order valence-corrected chi connectivity index (χ2v) is 4.58. The summed E-state index contributed by atoms with van der Waals surface area (Å²) < 4.78 is 0. The molecule has 0 aliphatic carbocycles. The fourth-order valence-corrected chi connectivity index (χ4v) is 1.96. The molecule has 2 heterocycles. The monoisotopic (exact) mass is 266 g/mol. The summed E-state index contributed by atoms with van der Waals surface area (Å²) in [6.07, 6.45) is 0. The van der Waals surface area contributed by atoms with Crippen LogP contribution in [-0.4, -0.2) is 30.8 Å². The average molecular weight is 266 g/mol. The summed E-state index contributed by atoms with van der Waals surface area (Å²) >= 11 is 0. The number of nitrogens with zero attached hydrogens (tertiary/aromatic N) is 4. The fraction of sp³-hybridized carbons (Fsp3) is 0.143. The lowest BCUT2D eigenvalue weighted by Gasteiger charge is -1.88. The maximum Gasteiger partial charge on any atom is 0.115 e. The topological polar surface area (TPSA) is 83.1 Å². The van der Waals surface area contributed by atoms with Crippen LogP contribution in [0.3, 0.4) is 0 Å². The molecule has 0 fully saturated rings. The van der Waals surface area contributed by atoms with Gasteiger partial charge in [-0.1, -0.05) is 18.2 Å². The molecular formula is C14H14N6. The van der Waals surface area contributed by atoms with E-state index in [4.69, 9.17) is 0 Å². The van der Waals surface area contributed by atoms with E-state index in [2.05, 4.69) is 30.8 Å². The first-order valence-electron chi connectivity index (χ1n) is 6.27. The Balaban J connectivity index is 0.000000121. The van der Waals surface area contributed by atoms with E-state index in [1.54, 1.807) is 0 Å². The van der Waals surface area contributed by atoms with Crippen molar-refractivity contribution in [2.24, 2.45) is 0 Å². The van der Waals surface area contributed by atoms with Gasteiger partial charge in [0.2, 0.25) is 0 Å². The number of benzene rings is 2. The lowest BCUT2D eigenvalue weighted by atomic mass is 10.2. The second kappa shape index (κ2) is 5.08. The van der Waals surface area contributed by atoms with E-state index in [1.165, 1.54) is 5.56 Å². The van der Waals surface area contributed by atoms with E-state index >= 15 is 0 Å². The SMILES string of the molecule is Cc1ccc2n[nH]nc2c1.Cc1cccc2n[nH]nc12. The largest absolute Gasteiger partial charge is 0.197 e. The van der Waals surface area contributed by atoms with Crippen LogP contribution in [-0.2, 0) is 0 Å². The molecule has 4 rings (SSSR count). The van der Waals surface area contributed by atoms with Gasteiger partial charge in [0.05, 0.1) is 0 Å². The van der Waals surface area contributed by atoms with Gasteiger partial charge >= 0.3 is 0 Å². The van der Waals surface area contributed by atoms with Crippen molar-refractivity contribution in [2.45, 2.75) is 13.8 Å². The zero-order valence-electron chi connectivity index (χ0n) is 11.3. The van der Waals surface area contributed by atoms with Crippen LogP contribution >= 0.6 is 0 Å². The third-order valence-electron chi connectivity index (χ3n) is 3.02. The first kappa shape index (κ1) is 12.3. The fourth-order valence-electron chi connectivity index (χ4n) is 1.96. The highest BCUT2D eigenvalue weighted by atomic mass is 15.3. The molecule has 100 valence electrons. The summed E-state index contributed by atoms with van der Waals surface area (Å²) in [4.78, 5) is 0. The summed E-state index contributed by atoms with van der Waals surface area (Å²) in [5.41, 5.74) is 6.11. The molecule has 20 heavy (non-hydrogen) atoms. The molecule has 0 saturated carbocycles. The molecule has 0 spiro atoms. The Morgan fingerprint density at radius 1 is 0.750 bits per heavy atom. The van der Waals surface area contributed by atoms with E-state index in [0.717, 1.165) is 27.6 Å². The lowest BCUT2D eigenvalue weighted by Crippen LogP contribution is -1.73. The average Bonchev–Trinajstić information content (AvgIpc) is 3.07. The molecule has 2 N–H and O–H groups in total. The van der Waals surface area contributed by atoms with Crippen LogP contribution < -0.4 is 0 Å². The molecule has 2 aromatic heterocycles. The third-order valence-corrected chi connectivity index (χ3v) is 3.02. The van der Waals surface area contributed by atoms with Crippen LogP contribution in [0.1, 0.15) is 11.1 Å². The van der Waals surface area contributed by atoms with Crippen molar-refractivity contribution < 1.29 is 0 Å². The van der Waals surface area contributed by atoms with Crippen molar-refractivity contribution in [3.8, 4) is 0 Å². The number of H-pyrrole nitrogens is 2. The van der Waals surface area contributed by atoms with Crippen molar-refractivity contribution in [1.82, 2.24) is 30.8 Å². The van der Waals surface area contributed by atoms with Gasteiger partial charge in [-0.3, -0.25) is 0 Å². The number of para-hydroxylation sites is 1. The van der Waals surface area contributed by atoms with Gasteiger partial charge in [-0.05, 0) is 43.2 Å². The number of hydrogen-bond acceptors (Lipinski definition) is 4. The lowest BCUT2D eigenvalue weighted by molar-refractivity contribution is 0.958. The highest BCUT2D eigenvalue weighted by Gasteiger charge is 1.97. The Morgan fingerprint density at radius 2 is 1.50 bits per heavy atom. The number of hydrogen-bond donors (Lipinski definition) is 2. The van der Waals surface area contributed by atoms with Gasteiger partial charge in [-0.15, -0.1) is 0 Å². The van der Waals surface area contributed by atoms with Gasteiger partial charge in [-0.2, -0.15) is 30.8 Å². The number of rotatable bonds is 0. The maximum atomic E-state index is 3.98. The van der Waals surface area contributed by atoms with E-state index in [0.29, 0.717) is 0 Å². The zero-order chi connectivity index (χ0) is 13.9. The van der Waals surface area contributed by atoms with Gasteiger partial charge < -0.3 is 0 Å². The summed E-state index contributed by atoms with van der Waals surface area (Å²) in [6, 6.07) is 11.9. The molecular weight excluding hydrogens is 252 g/mol. The van der Waals surface area contributed by atoms with Crippen molar-refractivity contribution >= 4 is 22.1 Å². The minimum atomic E-state index is 0.922. The molecule has 0 bridgehead atoms. The molecule has 4 aromatic rings. The quantitative estimate of drug-likeness (QED) is 0.512. The zero-order valence-corrected chi connectivity index (χ0v) is 11.3. The van der Waals surface area contributed by atoms with Gasteiger partial charge in [0.1, 0.15) is 22.1 Å². The predicted octanol–water partition coefficient (Wildman–Crippen LogP) is 2.53. The minimum Gasteiger partial charge on any atom is -0.197 e. The summed E-state index contributed by atoms with van der Waals surface area (Å²) in [6.45, 7) is 4.05. The summed E-state index contributed by atoms with van der Waals surface area (Å²) in [5, 5.41) is 20.9. The van der Waals surface area contributed by atoms with Gasteiger partial charge in [0, 0.05) is 0 Å². The molecule has 2 aromatic carbocycles. The molecule has 0 atom stereocenters. The number of aromatic nitrogens is 6. The van der Waals surface area contributed by atoms with Crippen LogP contribution in [0.15, 0.2) is 36.4 Å². The van der Waals surface area contributed by atoms with Crippen LogP contribution in [0.5, 0.6) is 0 Å². The predicted molar refractivity (Wildman–Crippen MR) is 77.3 cm³/mol. The second-order valence-electron chi connectivity index (χ2n) is 4.58. The van der Waals surface area contributed by atoms with Crippen LogP contribution in [0.2, 0.25) is 0 Å². The summed E-state index contributed by atoms with van der Waals surface area (Å²) in [7, 11) is 0. The first-order chi connectivity index (χ1) is 9.74. The first-order valence-corrected chi connectivity index (χ1v) is 6.27. The van der Waals surface area contributed by atoms with E-state index in [1.807, 2.05) is 50.2 Å². The minimum absolute atomic E-state index is 0.922. The van der Waals surface area contributed by atoms with Crippen molar-refractivity contribution in [1.29, 1.82) is 0 Å². The van der Waals surface area contributed by atoms with E-state index in [9.17, 15) is 0 Å². The normalized spacial score (nSPS) is 10.5. The molecule has 0 aliphatic heterocycles. The van der Waals surface area contributed by atoms with Gasteiger partial charge in [0.15, 0.2) is 0 Å². The Morgan fingerprint density at radius 3 is 2.35 bits per heavy atom. The maximum absolute atomic E-state index is 3.98. The van der Waals surface area contributed by atoms with Gasteiger partial charge in [-0.25, -0.2) is 0 Å². The molecule has 0 saturated heterocycles. The third kappa shape index (κ3) is 2.35. The van der Waals surface area contributed by atoms with Crippen molar-refractivity contribution in [3.05, 3.63) is 47.5 Å². The van der Waals surface area contributed by atoms with Gasteiger partial charge in [0.25, 0.3) is 0 Å². The highest BCUT2D eigenvalue weighted by molar-refractivity contribution is 5.76. The standard InChI is InChI=1S/2C7H7N3/c1-5-2-3-6-7(4-5)9-10-8-6;1-5-3-2-4-6-7(5)9-10-8-6/h2*2-4H,1H3,(H,8,9,10). The van der Waals surface area contributed by atoms with Crippen LogP contribution in [0.4, 0.5) is 0 Å². The summed E-state index contributed by atoms with van der Waals surface area (Å²) in [5.74, 6) is 0. The van der Waals surface area contributed by atoms with Crippen molar-refractivity contribution in [3.63, 3.8) is 0 Å². The molecule has 0 amide bonds. The molecule has 0 unspecified atom stereocenters. The Hall–Kier alpha value is -2.76. The molecule has 6 heteroatoms. The van der Waals surface area contributed by atoms with Crippen LogP contribution in [0.25, 0.3) is 22.1 Å². The Bertz CT molecular complexity index is 844. The highest BCUT2D eigenvalue weighted by Crippen LogP contribution is 2.11.